The number of thioether (sulfide) groups is 1. The van der Waals surface area contributed by atoms with Crippen LogP contribution in [0.5, 0.6) is 11.5 Å². The van der Waals surface area contributed by atoms with Gasteiger partial charge in [0, 0.05) is 4.47 Å². The Hall–Kier alpha value is -1.88. The lowest BCUT2D eigenvalue weighted by atomic mass is 10.1. The van der Waals surface area contributed by atoms with Gasteiger partial charge in [0.05, 0.1) is 21.3 Å². The summed E-state index contributed by atoms with van der Waals surface area (Å²) < 4.78 is 14.0. The van der Waals surface area contributed by atoms with Crippen LogP contribution in [0.4, 0.5) is 5.69 Å². The summed E-state index contributed by atoms with van der Waals surface area (Å²) in [6.45, 7) is 0.443. The van der Waals surface area contributed by atoms with E-state index in [1.165, 1.54) is 11.8 Å². The number of hydrogen-bond acceptors (Lipinski definition) is 5. The number of hydrogen-bond donors (Lipinski definition) is 0. The third kappa shape index (κ3) is 5.19. The second kappa shape index (κ2) is 10.4. The van der Waals surface area contributed by atoms with Crippen LogP contribution in [0.25, 0.3) is 6.08 Å². The van der Waals surface area contributed by atoms with Crippen molar-refractivity contribution in [3.63, 3.8) is 0 Å². The van der Waals surface area contributed by atoms with Crippen molar-refractivity contribution in [1.82, 2.24) is 0 Å². The van der Waals surface area contributed by atoms with Gasteiger partial charge in [-0.25, -0.2) is 0 Å². The summed E-state index contributed by atoms with van der Waals surface area (Å²) in [7, 11) is 1.61. The molecule has 1 fully saturated rings. The van der Waals surface area contributed by atoms with Crippen molar-refractivity contribution in [2.24, 2.45) is 0 Å². The molecule has 4 rings (SSSR count). The second-order valence-corrected chi connectivity index (χ2v) is 10.6. The quantitative estimate of drug-likeness (QED) is 0.165. The first-order valence-corrected chi connectivity index (χ1v) is 12.6. The number of ether oxygens (including phenoxy) is 2. The number of methoxy groups -OCH3 is 1. The Bertz CT molecular complexity index is 1200. The van der Waals surface area contributed by atoms with E-state index < -0.39 is 0 Å². The summed E-state index contributed by atoms with van der Waals surface area (Å²) in [5, 5.41) is 0. The molecule has 4 nitrogen and oxygen atoms in total. The molecule has 0 radical (unpaired) electrons. The van der Waals surface area contributed by atoms with E-state index in [9.17, 15) is 4.79 Å². The number of benzene rings is 3. The minimum Gasteiger partial charge on any atom is -0.493 e. The van der Waals surface area contributed by atoms with Gasteiger partial charge in [0.15, 0.2) is 15.8 Å². The van der Waals surface area contributed by atoms with E-state index in [2.05, 4.69) is 38.5 Å². The number of anilines is 1. The lowest BCUT2D eigenvalue weighted by molar-refractivity contribution is -0.113. The molecule has 0 bridgehead atoms. The molecule has 0 N–H and O–H groups in total. The fraction of sp³-hybridized carbons (Fsp3) is 0.0833. The normalized spacial score (nSPS) is 14.8. The molecule has 1 aliphatic rings. The molecule has 1 heterocycles. The number of halogens is 2. The highest BCUT2D eigenvalue weighted by atomic mass is 127. The number of carbonyl (C=O) groups is 1. The van der Waals surface area contributed by atoms with Crippen LogP contribution in [0, 0.1) is 3.57 Å². The highest BCUT2D eigenvalue weighted by molar-refractivity contribution is 14.1. The van der Waals surface area contributed by atoms with Crippen molar-refractivity contribution in [3.8, 4) is 11.5 Å². The first-order valence-electron chi connectivity index (χ1n) is 9.54. The van der Waals surface area contributed by atoms with E-state index in [-0.39, 0.29) is 5.91 Å². The summed E-state index contributed by atoms with van der Waals surface area (Å²) in [4.78, 5) is 15.2. The standard InChI is InChI=1S/C24H17BrINO3S2/c1-29-20-12-16(11-19(26)22(20)30-14-15-5-3-2-4-6-15)13-21-23(28)27(24(31)32-21)18-9-7-17(25)8-10-18/h2-13H,14H2,1H3/b21-13+. The molecule has 1 amide bonds. The third-order valence-electron chi connectivity index (χ3n) is 4.65. The summed E-state index contributed by atoms with van der Waals surface area (Å²) in [6, 6.07) is 21.3. The summed E-state index contributed by atoms with van der Waals surface area (Å²) >= 11 is 12.4. The molecule has 0 spiro atoms. The van der Waals surface area contributed by atoms with E-state index in [4.69, 9.17) is 21.7 Å². The number of nitrogens with zero attached hydrogens (tertiary/aromatic N) is 1. The topological polar surface area (TPSA) is 38.8 Å². The zero-order chi connectivity index (χ0) is 22.7. The van der Waals surface area contributed by atoms with E-state index >= 15 is 0 Å². The molecule has 0 aliphatic carbocycles. The Morgan fingerprint density at radius 2 is 1.84 bits per heavy atom. The van der Waals surface area contributed by atoms with Gasteiger partial charge in [-0.15, -0.1) is 0 Å². The fourth-order valence-corrected chi connectivity index (χ4v) is 5.47. The lowest BCUT2D eigenvalue weighted by Gasteiger charge is -2.14. The minimum absolute atomic E-state index is 0.138. The Morgan fingerprint density at radius 1 is 1.12 bits per heavy atom. The largest absolute Gasteiger partial charge is 0.493 e. The Balaban J connectivity index is 1.58. The van der Waals surface area contributed by atoms with Crippen LogP contribution >= 0.6 is 62.5 Å². The van der Waals surface area contributed by atoms with Crippen LogP contribution in [0.3, 0.4) is 0 Å². The predicted molar refractivity (Wildman–Crippen MR) is 146 cm³/mol. The molecule has 162 valence electrons. The molecule has 0 atom stereocenters. The van der Waals surface area contributed by atoms with Crippen molar-refractivity contribution in [1.29, 1.82) is 0 Å². The smallest absolute Gasteiger partial charge is 0.270 e. The number of carbonyl (C=O) groups excluding carboxylic acids is 1. The number of amides is 1. The number of rotatable bonds is 6. The molecule has 0 unspecified atom stereocenters. The number of thiocarbonyl (C=S) groups is 1. The average molecular weight is 638 g/mol. The van der Waals surface area contributed by atoms with Gasteiger partial charge in [0.25, 0.3) is 5.91 Å². The molecule has 1 aliphatic heterocycles. The summed E-state index contributed by atoms with van der Waals surface area (Å²) in [5.74, 6) is 1.15. The van der Waals surface area contributed by atoms with Crippen molar-refractivity contribution in [2.75, 3.05) is 12.0 Å². The van der Waals surface area contributed by atoms with E-state index in [1.54, 1.807) is 12.0 Å². The van der Waals surface area contributed by atoms with Gasteiger partial charge in [-0.2, -0.15) is 0 Å². The zero-order valence-corrected chi connectivity index (χ0v) is 22.3. The van der Waals surface area contributed by atoms with Crippen molar-refractivity contribution >= 4 is 84.5 Å². The van der Waals surface area contributed by atoms with Crippen LogP contribution in [0.1, 0.15) is 11.1 Å². The monoisotopic (exact) mass is 637 g/mol. The van der Waals surface area contributed by atoms with E-state index in [0.29, 0.717) is 27.3 Å². The zero-order valence-electron chi connectivity index (χ0n) is 16.9. The SMILES string of the molecule is COc1cc(/C=C2/SC(=S)N(c3ccc(Br)cc3)C2=O)cc(I)c1OCc1ccccc1. The molecule has 1 saturated heterocycles. The van der Waals surface area contributed by atoms with Crippen LogP contribution < -0.4 is 14.4 Å². The maximum Gasteiger partial charge on any atom is 0.270 e. The Kier molecular flexibility index (Phi) is 7.55. The molecular formula is C24H17BrINO3S2. The second-order valence-electron chi connectivity index (χ2n) is 6.80. The van der Waals surface area contributed by atoms with Crippen molar-refractivity contribution in [2.45, 2.75) is 6.61 Å². The van der Waals surface area contributed by atoms with Gasteiger partial charge in [-0.3, -0.25) is 9.69 Å². The van der Waals surface area contributed by atoms with Gasteiger partial charge in [-0.1, -0.05) is 70.2 Å². The summed E-state index contributed by atoms with van der Waals surface area (Å²) in [6.07, 6.45) is 1.84. The van der Waals surface area contributed by atoms with Crippen LogP contribution in [-0.4, -0.2) is 17.3 Å². The van der Waals surface area contributed by atoms with Crippen molar-refractivity contribution < 1.29 is 14.3 Å². The van der Waals surface area contributed by atoms with Gasteiger partial charge in [0.1, 0.15) is 6.61 Å². The maximum absolute atomic E-state index is 13.1. The van der Waals surface area contributed by atoms with Gasteiger partial charge >= 0.3 is 0 Å². The van der Waals surface area contributed by atoms with Crippen LogP contribution in [0.2, 0.25) is 0 Å². The van der Waals surface area contributed by atoms with Crippen LogP contribution in [0.15, 0.2) is 76.1 Å². The van der Waals surface area contributed by atoms with Gasteiger partial charge in [-0.05, 0) is 76.2 Å². The Labute approximate surface area is 218 Å². The predicted octanol–water partition coefficient (Wildman–Crippen LogP) is 7.05. The van der Waals surface area contributed by atoms with Gasteiger partial charge in [0.2, 0.25) is 0 Å². The molecule has 8 heteroatoms. The molecule has 0 aromatic heterocycles. The van der Waals surface area contributed by atoms with Gasteiger partial charge < -0.3 is 9.47 Å². The first kappa shape index (κ1) is 23.3. The molecule has 3 aromatic rings. The molecular weight excluding hydrogens is 621 g/mol. The fourth-order valence-electron chi connectivity index (χ4n) is 3.12. The van der Waals surface area contributed by atoms with Crippen LogP contribution in [-0.2, 0) is 11.4 Å². The highest BCUT2D eigenvalue weighted by Gasteiger charge is 2.33. The maximum atomic E-state index is 13.1. The minimum atomic E-state index is -0.138. The average Bonchev–Trinajstić information content (AvgIpc) is 3.06. The highest BCUT2D eigenvalue weighted by Crippen LogP contribution is 2.39. The lowest BCUT2D eigenvalue weighted by Crippen LogP contribution is -2.27. The molecule has 3 aromatic carbocycles. The third-order valence-corrected chi connectivity index (χ3v) is 7.29. The van der Waals surface area contributed by atoms with E-state index in [0.717, 1.165) is 24.9 Å². The van der Waals surface area contributed by atoms with E-state index in [1.807, 2.05) is 72.8 Å². The van der Waals surface area contributed by atoms with Crippen molar-refractivity contribution in [3.05, 3.63) is 90.8 Å². The summed E-state index contributed by atoms with van der Waals surface area (Å²) in [5.41, 5.74) is 2.66. The molecule has 32 heavy (non-hydrogen) atoms. The Morgan fingerprint density at radius 3 is 2.53 bits per heavy atom. The molecule has 0 saturated carbocycles. The first-order chi connectivity index (χ1) is 15.5.